The highest BCUT2D eigenvalue weighted by Crippen LogP contribution is 2.40. The molecule has 118 valence electrons. The summed E-state index contributed by atoms with van der Waals surface area (Å²) >= 11 is 0. The molecule has 0 aromatic heterocycles. The van der Waals surface area contributed by atoms with Gasteiger partial charge in [0.2, 0.25) is 5.91 Å². The summed E-state index contributed by atoms with van der Waals surface area (Å²) < 4.78 is 0. The number of carbonyl (C=O) groups excluding carboxylic acids is 1. The first-order valence-corrected chi connectivity index (χ1v) is 8.16. The molecule has 0 unspecified atom stereocenters. The Labute approximate surface area is 123 Å². The molecule has 0 atom stereocenters. The number of hydrogen-bond acceptors (Lipinski definition) is 3. The summed E-state index contributed by atoms with van der Waals surface area (Å²) in [6.07, 6.45) is 5.81. The average molecular weight is 284 g/mol. The molecule has 0 saturated heterocycles. The minimum absolute atomic E-state index is 0.0271. The third-order valence-corrected chi connectivity index (χ3v) is 5.06. The second-order valence-corrected chi connectivity index (χ2v) is 6.36. The van der Waals surface area contributed by atoms with Crippen LogP contribution in [0.4, 0.5) is 0 Å². The predicted octanol–water partition coefficient (Wildman–Crippen LogP) is 2.15. The van der Waals surface area contributed by atoms with Gasteiger partial charge in [0.25, 0.3) is 0 Å². The van der Waals surface area contributed by atoms with Crippen molar-refractivity contribution >= 4 is 5.91 Å². The molecule has 20 heavy (non-hydrogen) atoms. The van der Waals surface area contributed by atoms with E-state index >= 15 is 0 Å². The zero-order chi connectivity index (χ0) is 15.2. The number of rotatable bonds is 7. The van der Waals surface area contributed by atoms with Gasteiger partial charge in [0.05, 0.1) is 12.0 Å². The molecule has 0 aliphatic heterocycles. The molecule has 1 saturated carbocycles. The van der Waals surface area contributed by atoms with Gasteiger partial charge in [-0.05, 0) is 44.4 Å². The highest BCUT2D eigenvalue weighted by atomic mass is 16.3. The number of aliphatic hydroxyl groups is 1. The predicted molar refractivity (Wildman–Crippen MR) is 82.3 cm³/mol. The maximum atomic E-state index is 13.0. The van der Waals surface area contributed by atoms with E-state index in [0.717, 1.165) is 38.5 Å². The molecule has 1 rings (SSSR count). The lowest BCUT2D eigenvalue weighted by Gasteiger charge is -2.43. The SMILES string of the molecule is CCC(CC)N(CCO)C(=O)C1(CN)CCC(C)CC1. The lowest BCUT2D eigenvalue weighted by atomic mass is 9.69. The average Bonchev–Trinajstić information content (AvgIpc) is 2.48. The molecule has 4 nitrogen and oxygen atoms in total. The van der Waals surface area contributed by atoms with E-state index in [4.69, 9.17) is 5.73 Å². The van der Waals surface area contributed by atoms with Gasteiger partial charge in [0.15, 0.2) is 0 Å². The number of aliphatic hydroxyl groups excluding tert-OH is 1. The van der Waals surface area contributed by atoms with E-state index in [1.54, 1.807) is 0 Å². The summed E-state index contributed by atoms with van der Waals surface area (Å²) in [7, 11) is 0. The molecule has 3 N–H and O–H groups in total. The maximum absolute atomic E-state index is 13.0. The first-order valence-electron chi connectivity index (χ1n) is 8.16. The molecule has 4 heteroatoms. The van der Waals surface area contributed by atoms with Gasteiger partial charge in [0.1, 0.15) is 0 Å². The lowest BCUT2D eigenvalue weighted by Crippen LogP contribution is -2.53. The molecule has 0 aromatic rings. The van der Waals surface area contributed by atoms with Gasteiger partial charge >= 0.3 is 0 Å². The van der Waals surface area contributed by atoms with E-state index in [-0.39, 0.29) is 24.0 Å². The van der Waals surface area contributed by atoms with Crippen LogP contribution in [0, 0.1) is 11.3 Å². The van der Waals surface area contributed by atoms with Crippen LogP contribution < -0.4 is 5.73 Å². The summed E-state index contributed by atoms with van der Waals surface area (Å²) in [6, 6.07) is 0.220. The van der Waals surface area contributed by atoms with Crippen LogP contribution in [-0.4, -0.2) is 41.7 Å². The summed E-state index contributed by atoms with van der Waals surface area (Å²) in [5.41, 5.74) is 5.61. The fourth-order valence-electron chi connectivity index (χ4n) is 3.41. The minimum Gasteiger partial charge on any atom is -0.395 e. The Morgan fingerprint density at radius 1 is 1.35 bits per heavy atom. The topological polar surface area (TPSA) is 66.6 Å². The Kier molecular flexibility index (Phi) is 6.96. The quantitative estimate of drug-likeness (QED) is 0.753. The number of hydrogen-bond donors (Lipinski definition) is 2. The first kappa shape index (κ1) is 17.4. The minimum atomic E-state index is -0.385. The van der Waals surface area contributed by atoms with Gasteiger partial charge in [-0.2, -0.15) is 0 Å². The molecule has 1 aliphatic carbocycles. The van der Waals surface area contributed by atoms with Crippen LogP contribution in [0.2, 0.25) is 0 Å². The Balaban J connectivity index is 2.90. The summed E-state index contributed by atoms with van der Waals surface area (Å²) in [6.45, 7) is 7.34. The monoisotopic (exact) mass is 284 g/mol. The molecule has 0 aromatic carbocycles. The van der Waals surface area contributed by atoms with E-state index in [1.807, 2.05) is 4.90 Å². The molecule has 0 bridgehead atoms. The smallest absolute Gasteiger partial charge is 0.230 e. The third kappa shape index (κ3) is 3.73. The van der Waals surface area contributed by atoms with Crippen molar-refractivity contribution in [1.29, 1.82) is 0 Å². The van der Waals surface area contributed by atoms with Gasteiger partial charge < -0.3 is 15.7 Å². The highest BCUT2D eigenvalue weighted by Gasteiger charge is 2.43. The van der Waals surface area contributed by atoms with Crippen LogP contribution in [0.1, 0.15) is 59.3 Å². The van der Waals surface area contributed by atoms with Gasteiger partial charge in [-0.25, -0.2) is 0 Å². The van der Waals surface area contributed by atoms with E-state index in [1.165, 1.54) is 0 Å². The van der Waals surface area contributed by atoms with Gasteiger partial charge in [-0.1, -0.05) is 20.8 Å². The fourth-order valence-corrected chi connectivity index (χ4v) is 3.41. The first-order chi connectivity index (χ1) is 9.54. The van der Waals surface area contributed by atoms with E-state index in [2.05, 4.69) is 20.8 Å². The Morgan fingerprint density at radius 2 is 1.90 bits per heavy atom. The van der Waals surface area contributed by atoms with Crippen LogP contribution in [0.3, 0.4) is 0 Å². The zero-order valence-corrected chi connectivity index (χ0v) is 13.4. The standard InChI is InChI=1S/C16H32N2O2/c1-4-14(5-2)18(10-11-19)15(20)16(12-17)8-6-13(3)7-9-16/h13-14,19H,4-12,17H2,1-3H3. The maximum Gasteiger partial charge on any atom is 0.230 e. The fraction of sp³-hybridized carbons (Fsp3) is 0.938. The molecular weight excluding hydrogens is 252 g/mol. The van der Waals surface area contributed by atoms with Crippen molar-refractivity contribution in [3.8, 4) is 0 Å². The Hall–Kier alpha value is -0.610. The number of amides is 1. The van der Waals surface area contributed by atoms with Gasteiger partial charge in [-0.15, -0.1) is 0 Å². The third-order valence-electron chi connectivity index (χ3n) is 5.06. The molecule has 0 spiro atoms. The van der Waals surface area contributed by atoms with Crippen molar-refractivity contribution < 1.29 is 9.90 Å². The summed E-state index contributed by atoms with van der Waals surface area (Å²) in [5.74, 6) is 0.872. The van der Waals surface area contributed by atoms with Crippen molar-refractivity contribution in [2.45, 2.75) is 65.3 Å². The van der Waals surface area contributed by atoms with Gasteiger partial charge in [0, 0.05) is 19.1 Å². The Morgan fingerprint density at radius 3 is 2.30 bits per heavy atom. The largest absolute Gasteiger partial charge is 0.395 e. The number of nitrogens with zero attached hydrogens (tertiary/aromatic N) is 1. The normalized spacial score (nSPS) is 26.8. The van der Waals surface area contributed by atoms with Crippen LogP contribution in [0.5, 0.6) is 0 Å². The second-order valence-electron chi connectivity index (χ2n) is 6.36. The molecular formula is C16H32N2O2. The Bertz CT molecular complexity index is 295. The van der Waals surface area contributed by atoms with Crippen molar-refractivity contribution in [1.82, 2.24) is 4.90 Å². The van der Waals surface area contributed by atoms with E-state index in [9.17, 15) is 9.90 Å². The molecule has 1 amide bonds. The van der Waals surface area contributed by atoms with Crippen molar-refractivity contribution in [3.05, 3.63) is 0 Å². The number of carbonyl (C=O) groups is 1. The van der Waals surface area contributed by atoms with Crippen LogP contribution in [-0.2, 0) is 4.79 Å². The molecule has 0 radical (unpaired) electrons. The van der Waals surface area contributed by atoms with Crippen LogP contribution >= 0.6 is 0 Å². The summed E-state index contributed by atoms with van der Waals surface area (Å²) in [4.78, 5) is 14.9. The van der Waals surface area contributed by atoms with E-state index in [0.29, 0.717) is 19.0 Å². The molecule has 1 aliphatic rings. The molecule has 1 fully saturated rings. The van der Waals surface area contributed by atoms with Crippen molar-refractivity contribution in [2.24, 2.45) is 17.1 Å². The van der Waals surface area contributed by atoms with Crippen molar-refractivity contribution in [3.63, 3.8) is 0 Å². The second kappa shape index (κ2) is 7.99. The number of nitrogens with two attached hydrogens (primary N) is 1. The molecule has 0 heterocycles. The van der Waals surface area contributed by atoms with E-state index < -0.39 is 0 Å². The lowest BCUT2D eigenvalue weighted by molar-refractivity contribution is -0.147. The van der Waals surface area contributed by atoms with Gasteiger partial charge in [-0.3, -0.25) is 4.79 Å². The highest BCUT2D eigenvalue weighted by molar-refractivity contribution is 5.83. The van der Waals surface area contributed by atoms with Crippen LogP contribution in [0.25, 0.3) is 0 Å². The van der Waals surface area contributed by atoms with Crippen LogP contribution in [0.15, 0.2) is 0 Å². The zero-order valence-electron chi connectivity index (χ0n) is 13.4. The summed E-state index contributed by atoms with van der Waals surface area (Å²) in [5, 5.41) is 9.30. The van der Waals surface area contributed by atoms with Crippen molar-refractivity contribution in [2.75, 3.05) is 19.7 Å².